The summed E-state index contributed by atoms with van der Waals surface area (Å²) < 4.78 is 5.54. The summed E-state index contributed by atoms with van der Waals surface area (Å²) in [7, 11) is 1.68. The summed E-state index contributed by atoms with van der Waals surface area (Å²) in [6, 6.07) is 4.09. The van der Waals surface area contributed by atoms with Crippen molar-refractivity contribution in [2.75, 3.05) is 12.4 Å². The zero-order valence-electron chi connectivity index (χ0n) is 21.5. The van der Waals surface area contributed by atoms with Gasteiger partial charge in [-0.05, 0) is 61.1 Å². The lowest BCUT2D eigenvalue weighted by Crippen LogP contribution is -2.00. The standard InChI is InChI=1S/C18H19N5O.C9H10ClN3/c1-4-13-10(2)16-17(22-13)20-9-21-18(16)23-14-5-11-7-19-8-12(11)6-15(14)24-3;1-3-6-5(2)7-8(10)11-4-12-9(7)13-6/h5-7,9H,4,8H2,1-3H3,(H2,20,21,22,23);4H,3H2,1-2H3,(H,11,12,13). The number of aromatic nitrogens is 6. The molecule has 0 saturated carbocycles. The molecule has 0 atom stereocenters. The Morgan fingerprint density at radius 2 is 1.57 bits per heavy atom. The third kappa shape index (κ3) is 4.51. The molecule has 1 aliphatic heterocycles. The third-order valence-electron chi connectivity index (χ3n) is 6.76. The number of hydrogen-bond donors (Lipinski definition) is 3. The maximum Gasteiger partial charge on any atom is 0.143 e. The number of hydrogen-bond acceptors (Lipinski definition) is 7. The SMILES string of the molecule is CCc1[nH]c2ncnc(Cl)c2c1C.CCc1[nH]c2ncnc(Nc3cc4c(cc3OC)CN=C4)c2c1C. The Morgan fingerprint density at radius 1 is 0.919 bits per heavy atom. The summed E-state index contributed by atoms with van der Waals surface area (Å²) in [4.78, 5) is 27.8. The maximum absolute atomic E-state index is 5.96. The van der Waals surface area contributed by atoms with E-state index in [4.69, 9.17) is 16.3 Å². The van der Waals surface area contributed by atoms with Crippen LogP contribution in [0.3, 0.4) is 0 Å². The molecule has 37 heavy (non-hydrogen) atoms. The van der Waals surface area contributed by atoms with E-state index in [2.05, 4.69) is 67.1 Å². The summed E-state index contributed by atoms with van der Waals surface area (Å²) in [5, 5.41) is 5.91. The number of H-pyrrole nitrogens is 2. The van der Waals surface area contributed by atoms with Crippen LogP contribution >= 0.6 is 11.6 Å². The molecule has 0 unspecified atom stereocenters. The number of aryl methyl sites for hydroxylation is 4. The fourth-order valence-corrected chi connectivity index (χ4v) is 5.01. The average Bonchev–Trinajstić information content (AvgIpc) is 3.59. The van der Waals surface area contributed by atoms with Crippen molar-refractivity contribution in [2.45, 2.75) is 47.1 Å². The second kappa shape index (κ2) is 10.2. The topological polar surface area (TPSA) is 117 Å². The lowest BCUT2D eigenvalue weighted by molar-refractivity contribution is 0.416. The lowest BCUT2D eigenvalue weighted by atomic mass is 10.1. The molecule has 190 valence electrons. The van der Waals surface area contributed by atoms with Crippen molar-refractivity contribution in [3.05, 3.63) is 63.6 Å². The van der Waals surface area contributed by atoms with Crippen molar-refractivity contribution in [3.8, 4) is 5.75 Å². The zero-order chi connectivity index (χ0) is 26.1. The minimum absolute atomic E-state index is 0.526. The van der Waals surface area contributed by atoms with Crippen LogP contribution in [-0.2, 0) is 19.4 Å². The van der Waals surface area contributed by atoms with Gasteiger partial charge in [-0.15, -0.1) is 0 Å². The molecule has 0 bridgehead atoms. The molecule has 1 aliphatic rings. The Kier molecular flexibility index (Phi) is 6.80. The van der Waals surface area contributed by atoms with Gasteiger partial charge in [0.25, 0.3) is 0 Å². The number of rotatable bonds is 5. The highest BCUT2D eigenvalue weighted by atomic mass is 35.5. The van der Waals surface area contributed by atoms with Gasteiger partial charge in [-0.2, -0.15) is 0 Å². The predicted octanol–water partition coefficient (Wildman–Crippen LogP) is 6.00. The van der Waals surface area contributed by atoms with Crippen LogP contribution in [0.2, 0.25) is 5.15 Å². The molecule has 1 aromatic carbocycles. The fraction of sp³-hybridized carbons (Fsp3) is 0.296. The van der Waals surface area contributed by atoms with Gasteiger partial charge >= 0.3 is 0 Å². The third-order valence-corrected chi connectivity index (χ3v) is 7.04. The van der Waals surface area contributed by atoms with Crippen LogP contribution < -0.4 is 10.1 Å². The van der Waals surface area contributed by atoms with Crippen LogP contribution in [0.15, 0.2) is 29.8 Å². The van der Waals surface area contributed by atoms with Crippen molar-refractivity contribution in [3.63, 3.8) is 0 Å². The molecule has 0 aliphatic carbocycles. The van der Waals surface area contributed by atoms with E-state index in [0.717, 1.165) is 63.3 Å². The lowest BCUT2D eigenvalue weighted by Gasteiger charge is -2.13. The minimum Gasteiger partial charge on any atom is -0.495 e. The van der Waals surface area contributed by atoms with Crippen molar-refractivity contribution in [1.29, 1.82) is 0 Å². The highest BCUT2D eigenvalue weighted by Crippen LogP contribution is 2.35. The van der Waals surface area contributed by atoms with Gasteiger partial charge in [-0.25, -0.2) is 19.9 Å². The highest BCUT2D eigenvalue weighted by Gasteiger charge is 2.17. The number of anilines is 2. The van der Waals surface area contributed by atoms with Crippen molar-refractivity contribution in [1.82, 2.24) is 29.9 Å². The number of benzene rings is 1. The molecule has 5 heterocycles. The maximum atomic E-state index is 5.96. The van der Waals surface area contributed by atoms with Gasteiger partial charge in [-0.1, -0.05) is 25.4 Å². The molecule has 9 nitrogen and oxygen atoms in total. The molecule has 0 amide bonds. The first kappa shape index (κ1) is 24.7. The Balaban J connectivity index is 0.000000182. The van der Waals surface area contributed by atoms with Gasteiger partial charge in [-0.3, -0.25) is 4.99 Å². The first-order valence-corrected chi connectivity index (χ1v) is 12.6. The number of nitrogens with zero attached hydrogens (tertiary/aromatic N) is 5. The Hall–Kier alpha value is -3.98. The molecule has 6 rings (SSSR count). The van der Waals surface area contributed by atoms with Gasteiger partial charge in [0, 0.05) is 17.6 Å². The number of ether oxygens (including phenoxy) is 1. The number of halogens is 1. The average molecular weight is 517 g/mol. The first-order valence-electron chi connectivity index (χ1n) is 12.2. The van der Waals surface area contributed by atoms with E-state index in [-0.39, 0.29) is 0 Å². The van der Waals surface area contributed by atoms with Gasteiger partial charge in [0.15, 0.2) is 0 Å². The first-order chi connectivity index (χ1) is 17.9. The molecule has 10 heteroatoms. The molecule has 4 aromatic heterocycles. The monoisotopic (exact) mass is 516 g/mol. The molecular weight excluding hydrogens is 488 g/mol. The largest absolute Gasteiger partial charge is 0.495 e. The minimum atomic E-state index is 0.526. The van der Waals surface area contributed by atoms with Crippen LogP contribution in [-0.4, -0.2) is 43.2 Å². The van der Waals surface area contributed by atoms with Crippen molar-refractivity contribution in [2.24, 2.45) is 4.99 Å². The molecule has 0 spiro atoms. The van der Waals surface area contributed by atoms with E-state index in [1.165, 1.54) is 28.8 Å². The van der Waals surface area contributed by atoms with Gasteiger partial charge < -0.3 is 20.0 Å². The molecule has 0 fully saturated rings. The predicted molar refractivity (Wildman–Crippen MR) is 149 cm³/mol. The fourth-order valence-electron chi connectivity index (χ4n) is 4.74. The quantitative estimate of drug-likeness (QED) is 0.247. The second-order valence-electron chi connectivity index (χ2n) is 8.84. The van der Waals surface area contributed by atoms with Crippen LogP contribution in [0.5, 0.6) is 5.75 Å². The van der Waals surface area contributed by atoms with E-state index in [1.54, 1.807) is 13.4 Å². The van der Waals surface area contributed by atoms with E-state index in [9.17, 15) is 0 Å². The van der Waals surface area contributed by atoms with Crippen LogP contribution in [0.25, 0.3) is 22.1 Å². The van der Waals surface area contributed by atoms with Crippen molar-refractivity contribution >= 4 is 51.4 Å². The zero-order valence-corrected chi connectivity index (χ0v) is 22.3. The molecule has 5 aromatic rings. The highest BCUT2D eigenvalue weighted by molar-refractivity contribution is 6.34. The van der Waals surface area contributed by atoms with Crippen molar-refractivity contribution < 1.29 is 4.74 Å². The number of nitrogens with one attached hydrogen (secondary N) is 3. The summed E-state index contributed by atoms with van der Waals surface area (Å²) in [6.07, 6.45) is 6.83. The number of aliphatic imine (C=N–C) groups is 1. The van der Waals surface area contributed by atoms with Crippen LogP contribution in [0, 0.1) is 13.8 Å². The Bertz CT molecular complexity index is 1640. The van der Waals surface area contributed by atoms with Crippen LogP contribution in [0.4, 0.5) is 11.5 Å². The molecular formula is C27H29ClN8O. The number of methoxy groups -OCH3 is 1. The van der Waals surface area contributed by atoms with Gasteiger partial charge in [0.05, 0.1) is 30.1 Å². The van der Waals surface area contributed by atoms with Crippen LogP contribution in [0.1, 0.15) is 47.5 Å². The van der Waals surface area contributed by atoms with E-state index < -0.39 is 0 Å². The summed E-state index contributed by atoms with van der Waals surface area (Å²) in [5.74, 6) is 1.57. The van der Waals surface area contributed by atoms with E-state index >= 15 is 0 Å². The number of aromatic amines is 2. The van der Waals surface area contributed by atoms with Gasteiger partial charge in [0.2, 0.25) is 0 Å². The molecule has 0 radical (unpaired) electrons. The second-order valence-corrected chi connectivity index (χ2v) is 9.20. The van der Waals surface area contributed by atoms with Gasteiger partial charge in [0.1, 0.15) is 40.7 Å². The Morgan fingerprint density at radius 3 is 2.22 bits per heavy atom. The number of fused-ring (bicyclic) bond motifs is 3. The Labute approximate surface area is 219 Å². The summed E-state index contributed by atoms with van der Waals surface area (Å²) in [6.45, 7) is 9.06. The molecule has 0 saturated heterocycles. The smallest absolute Gasteiger partial charge is 0.143 e. The molecule has 3 N–H and O–H groups in total. The van der Waals surface area contributed by atoms with E-state index in [1.807, 2.05) is 19.2 Å². The summed E-state index contributed by atoms with van der Waals surface area (Å²) >= 11 is 5.96. The van der Waals surface area contributed by atoms with E-state index in [0.29, 0.717) is 11.7 Å². The summed E-state index contributed by atoms with van der Waals surface area (Å²) in [5.41, 5.74) is 9.54. The normalized spacial score (nSPS) is 12.1.